The molecule has 0 N–H and O–H groups in total. The van der Waals surface area contributed by atoms with Crippen molar-refractivity contribution in [3.8, 4) is 5.75 Å². The second-order valence-electron chi connectivity index (χ2n) is 3.59. The number of hydrogen-bond donors (Lipinski definition) is 0. The Morgan fingerprint density at radius 1 is 1.53 bits per heavy atom. The van der Waals surface area contributed by atoms with Crippen molar-refractivity contribution in [2.75, 3.05) is 7.11 Å². The molecule has 0 spiro atoms. The number of rotatable bonds is 4. The first-order chi connectivity index (χ1) is 7.11. The lowest BCUT2D eigenvalue weighted by Crippen LogP contribution is -2.01. The minimum atomic E-state index is 0.190. The van der Waals surface area contributed by atoms with Crippen LogP contribution in [0.4, 0.5) is 0 Å². The van der Waals surface area contributed by atoms with Gasteiger partial charge in [-0.05, 0) is 30.5 Å². The topological polar surface area (TPSA) is 26.3 Å². The molecule has 0 saturated heterocycles. The third kappa shape index (κ3) is 2.59. The molecule has 0 aliphatic heterocycles. The van der Waals surface area contributed by atoms with E-state index in [-0.39, 0.29) is 5.92 Å². The van der Waals surface area contributed by atoms with Crippen molar-refractivity contribution in [1.29, 1.82) is 0 Å². The van der Waals surface area contributed by atoms with E-state index >= 15 is 0 Å². The Kier molecular flexibility index (Phi) is 4.33. The molecule has 0 aliphatic carbocycles. The molecule has 0 heterocycles. The number of carbonyl (C=O) groups is 1. The van der Waals surface area contributed by atoms with Gasteiger partial charge in [0.2, 0.25) is 0 Å². The Balaban J connectivity index is 3.22. The molecule has 1 aromatic carbocycles. The van der Waals surface area contributed by atoms with Gasteiger partial charge in [0.05, 0.1) is 7.11 Å². The molecule has 2 nitrogen and oxygen atoms in total. The first-order valence-electron chi connectivity index (χ1n) is 4.88. The van der Waals surface area contributed by atoms with Crippen LogP contribution >= 0.6 is 15.9 Å². The summed E-state index contributed by atoms with van der Waals surface area (Å²) < 4.78 is 6.36. The Bertz CT molecular complexity index is 361. The predicted octanol–water partition coefficient (Wildman–Crippen LogP) is 3.46. The summed E-state index contributed by atoms with van der Waals surface area (Å²) in [7, 11) is 1.65. The number of benzene rings is 1. The van der Waals surface area contributed by atoms with Crippen LogP contribution in [-0.4, -0.2) is 13.4 Å². The molecule has 1 aromatic rings. The van der Waals surface area contributed by atoms with E-state index in [1.54, 1.807) is 7.11 Å². The molecule has 0 saturated carbocycles. The molecule has 3 heteroatoms. The highest BCUT2D eigenvalue weighted by Gasteiger charge is 2.15. The molecule has 1 unspecified atom stereocenters. The molecule has 1 atom stereocenters. The number of halogens is 1. The Morgan fingerprint density at radius 2 is 2.20 bits per heavy atom. The van der Waals surface area contributed by atoms with Crippen molar-refractivity contribution in [2.24, 2.45) is 0 Å². The number of aldehydes is 1. The van der Waals surface area contributed by atoms with Crippen LogP contribution in [0.5, 0.6) is 5.75 Å². The van der Waals surface area contributed by atoms with Gasteiger partial charge in [-0.2, -0.15) is 0 Å². The third-order valence-corrected chi connectivity index (χ3v) is 3.43. The fraction of sp³-hybridized carbons (Fsp3) is 0.417. The van der Waals surface area contributed by atoms with Crippen LogP contribution in [0.1, 0.15) is 30.4 Å². The van der Waals surface area contributed by atoms with Crippen LogP contribution in [0.2, 0.25) is 0 Å². The largest absolute Gasteiger partial charge is 0.496 e. The maximum atomic E-state index is 10.5. The van der Waals surface area contributed by atoms with E-state index in [2.05, 4.69) is 15.9 Å². The van der Waals surface area contributed by atoms with Crippen LogP contribution in [0, 0.1) is 6.92 Å². The van der Waals surface area contributed by atoms with Gasteiger partial charge in [0.25, 0.3) is 0 Å². The quantitative estimate of drug-likeness (QED) is 0.784. The standard InChI is InChI=1S/C12H15BrO2/c1-8(6-7-14)12-9(2)10(13)4-5-11(12)15-3/h4-5,7-8H,6H2,1-3H3. The second-order valence-corrected chi connectivity index (χ2v) is 4.45. The minimum absolute atomic E-state index is 0.190. The number of methoxy groups -OCH3 is 1. The Hall–Kier alpha value is -0.830. The number of hydrogen-bond acceptors (Lipinski definition) is 2. The van der Waals surface area contributed by atoms with Crippen molar-refractivity contribution < 1.29 is 9.53 Å². The van der Waals surface area contributed by atoms with Gasteiger partial charge in [-0.3, -0.25) is 0 Å². The lowest BCUT2D eigenvalue weighted by atomic mass is 9.93. The lowest BCUT2D eigenvalue weighted by Gasteiger charge is -2.17. The SMILES string of the molecule is COc1ccc(Br)c(C)c1C(C)CC=O. The first-order valence-corrected chi connectivity index (χ1v) is 5.67. The van der Waals surface area contributed by atoms with Gasteiger partial charge in [0.15, 0.2) is 0 Å². The van der Waals surface area contributed by atoms with Crippen LogP contribution in [0.25, 0.3) is 0 Å². The normalized spacial score (nSPS) is 12.3. The average molecular weight is 271 g/mol. The van der Waals surface area contributed by atoms with Crippen LogP contribution < -0.4 is 4.74 Å². The molecule has 0 aliphatic rings. The molecule has 0 fully saturated rings. The summed E-state index contributed by atoms with van der Waals surface area (Å²) in [5.74, 6) is 1.04. The summed E-state index contributed by atoms with van der Waals surface area (Å²) in [6.45, 7) is 4.06. The van der Waals surface area contributed by atoms with Gasteiger partial charge < -0.3 is 9.53 Å². The minimum Gasteiger partial charge on any atom is -0.496 e. The van der Waals surface area contributed by atoms with E-state index in [9.17, 15) is 4.79 Å². The molecule has 0 radical (unpaired) electrons. The van der Waals surface area contributed by atoms with Crippen molar-refractivity contribution in [1.82, 2.24) is 0 Å². The fourth-order valence-corrected chi connectivity index (χ4v) is 2.08. The number of ether oxygens (including phenoxy) is 1. The molecule has 82 valence electrons. The Morgan fingerprint density at radius 3 is 2.73 bits per heavy atom. The zero-order valence-electron chi connectivity index (χ0n) is 9.21. The molecule has 0 amide bonds. The van der Waals surface area contributed by atoms with Crippen molar-refractivity contribution in [3.63, 3.8) is 0 Å². The molecule has 15 heavy (non-hydrogen) atoms. The van der Waals surface area contributed by atoms with Gasteiger partial charge in [-0.1, -0.05) is 22.9 Å². The van der Waals surface area contributed by atoms with Crippen molar-refractivity contribution in [3.05, 3.63) is 27.7 Å². The molecular formula is C12H15BrO2. The highest BCUT2D eigenvalue weighted by molar-refractivity contribution is 9.10. The van der Waals surface area contributed by atoms with Crippen molar-refractivity contribution >= 4 is 22.2 Å². The maximum absolute atomic E-state index is 10.5. The van der Waals surface area contributed by atoms with Gasteiger partial charge in [-0.25, -0.2) is 0 Å². The second kappa shape index (κ2) is 5.31. The Labute approximate surface area is 98.8 Å². The average Bonchev–Trinajstić information content (AvgIpc) is 2.22. The fourth-order valence-electron chi connectivity index (χ4n) is 1.73. The first kappa shape index (κ1) is 12.2. The zero-order valence-corrected chi connectivity index (χ0v) is 10.8. The highest BCUT2D eigenvalue weighted by Crippen LogP contribution is 2.35. The molecular weight excluding hydrogens is 256 g/mol. The monoisotopic (exact) mass is 270 g/mol. The summed E-state index contributed by atoms with van der Waals surface area (Å²) in [6, 6.07) is 3.89. The predicted molar refractivity (Wildman–Crippen MR) is 64.5 cm³/mol. The smallest absolute Gasteiger partial charge is 0.122 e. The van der Waals surface area contributed by atoms with E-state index in [1.165, 1.54) is 0 Å². The lowest BCUT2D eigenvalue weighted by molar-refractivity contribution is -0.108. The maximum Gasteiger partial charge on any atom is 0.122 e. The van der Waals surface area contributed by atoms with E-state index < -0.39 is 0 Å². The van der Waals surface area contributed by atoms with Crippen molar-refractivity contribution in [2.45, 2.75) is 26.2 Å². The summed E-state index contributed by atoms with van der Waals surface area (Å²) in [5.41, 5.74) is 2.25. The molecule has 0 aromatic heterocycles. The summed E-state index contributed by atoms with van der Waals surface area (Å²) in [4.78, 5) is 10.5. The van der Waals surface area contributed by atoms with Gasteiger partial charge in [0, 0.05) is 16.5 Å². The van der Waals surface area contributed by atoms with E-state index in [0.29, 0.717) is 6.42 Å². The van der Waals surface area contributed by atoms with Crippen LogP contribution in [0.15, 0.2) is 16.6 Å². The van der Waals surface area contributed by atoms with Gasteiger partial charge >= 0.3 is 0 Å². The van der Waals surface area contributed by atoms with Gasteiger partial charge in [0.1, 0.15) is 12.0 Å². The summed E-state index contributed by atoms with van der Waals surface area (Å²) in [6.07, 6.45) is 1.47. The van der Waals surface area contributed by atoms with E-state index in [1.807, 2.05) is 26.0 Å². The third-order valence-electron chi connectivity index (χ3n) is 2.57. The number of carbonyl (C=O) groups excluding carboxylic acids is 1. The van der Waals surface area contributed by atoms with Crippen LogP contribution in [0.3, 0.4) is 0 Å². The highest BCUT2D eigenvalue weighted by atomic mass is 79.9. The summed E-state index contributed by atoms with van der Waals surface area (Å²) in [5, 5.41) is 0. The molecule has 1 rings (SSSR count). The van der Waals surface area contributed by atoms with Crippen LogP contribution in [-0.2, 0) is 4.79 Å². The molecule has 0 bridgehead atoms. The van der Waals surface area contributed by atoms with E-state index in [4.69, 9.17) is 4.74 Å². The zero-order chi connectivity index (χ0) is 11.4. The summed E-state index contributed by atoms with van der Waals surface area (Å²) >= 11 is 3.48. The van der Waals surface area contributed by atoms with E-state index in [0.717, 1.165) is 27.6 Å². The van der Waals surface area contributed by atoms with Gasteiger partial charge in [-0.15, -0.1) is 0 Å².